The van der Waals surface area contributed by atoms with Crippen LogP contribution in [0.2, 0.25) is 0 Å². The van der Waals surface area contributed by atoms with E-state index in [2.05, 4.69) is 13.8 Å². The number of hydrogen-bond acceptors (Lipinski definition) is 5. The van der Waals surface area contributed by atoms with Crippen molar-refractivity contribution in [1.29, 1.82) is 0 Å². The molecule has 23 heavy (non-hydrogen) atoms. The average Bonchev–Trinajstić information content (AvgIpc) is 2.45. The van der Waals surface area contributed by atoms with Crippen LogP contribution in [0.4, 0.5) is 5.69 Å². The second-order valence-electron chi connectivity index (χ2n) is 4.97. The molecule has 0 heterocycles. The molecule has 0 spiro atoms. The van der Waals surface area contributed by atoms with Crippen molar-refractivity contribution in [3.63, 3.8) is 0 Å². The smallest absolute Gasteiger partial charge is 0.466 e. The molecule has 9 heteroatoms. The maximum Gasteiger partial charge on any atom is 0.466 e. The predicted octanol–water partition coefficient (Wildman–Crippen LogP) is 1.94. The van der Waals surface area contributed by atoms with Gasteiger partial charge in [0.15, 0.2) is 5.05 Å². The highest BCUT2D eigenvalue weighted by Gasteiger charge is 2.14. The van der Waals surface area contributed by atoms with Crippen LogP contribution < -0.4 is 11.5 Å². The summed E-state index contributed by atoms with van der Waals surface area (Å²) in [6.07, 6.45) is 2.78. The van der Waals surface area contributed by atoms with Crippen molar-refractivity contribution in [3.8, 4) is 0 Å². The van der Waals surface area contributed by atoms with Gasteiger partial charge in [-0.15, -0.1) is 0 Å². The maximum atomic E-state index is 8.88. The number of nitrogen functional groups attached to an aromatic ring is 1. The van der Waals surface area contributed by atoms with E-state index in [-0.39, 0.29) is 12.1 Å². The van der Waals surface area contributed by atoms with E-state index in [0.717, 1.165) is 30.5 Å². The Labute approximate surface area is 141 Å². The van der Waals surface area contributed by atoms with Crippen molar-refractivity contribution >= 4 is 30.8 Å². The van der Waals surface area contributed by atoms with Gasteiger partial charge in [-0.05, 0) is 55.7 Å². The van der Waals surface area contributed by atoms with Gasteiger partial charge < -0.3 is 30.9 Å². The van der Waals surface area contributed by atoms with Crippen LogP contribution in [0.3, 0.4) is 0 Å². The summed E-state index contributed by atoms with van der Waals surface area (Å²) in [4.78, 5) is 21.6. The molecule has 0 aliphatic carbocycles. The molecular formula is C14H25N2O5PS. The quantitative estimate of drug-likeness (QED) is 0.293. The van der Waals surface area contributed by atoms with Crippen LogP contribution in [-0.4, -0.2) is 31.9 Å². The van der Waals surface area contributed by atoms with Crippen LogP contribution in [0.1, 0.15) is 38.7 Å². The lowest BCUT2D eigenvalue weighted by Gasteiger charge is -2.21. The highest BCUT2D eigenvalue weighted by molar-refractivity contribution is 7.80. The third kappa shape index (κ3) is 12.1. The molecule has 2 atom stereocenters. The van der Waals surface area contributed by atoms with Gasteiger partial charge in [-0.1, -0.05) is 13.8 Å². The minimum atomic E-state index is -4.64. The number of phosphoric acid groups is 1. The number of hydrogen-bond donors (Lipinski definition) is 5. The van der Waals surface area contributed by atoms with E-state index >= 15 is 0 Å². The molecule has 132 valence electrons. The van der Waals surface area contributed by atoms with Gasteiger partial charge in [-0.3, -0.25) is 0 Å². The first kappa shape index (κ1) is 22.0. The van der Waals surface area contributed by atoms with Gasteiger partial charge in [0, 0.05) is 17.3 Å². The topological polar surface area (TPSA) is 139 Å². The van der Waals surface area contributed by atoms with Crippen LogP contribution >= 0.6 is 20.0 Å². The van der Waals surface area contributed by atoms with E-state index in [9.17, 15) is 0 Å². The van der Waals surface area contributed by atoms with E-state index in [4.69, 9.17) is 47.7 Å². The Kier molecular flexibility index (Phi) is 10.2. The van der Waals surface area contributed by atoms with Crippen LogP contribution in [-0.2, 0) is 9.30 Å². The van der Waals surface area contributed by atoms with Gasteiger partial charge in [0.1, 0.15) is 6.10 Å². The molecule has 0 fully saturated rings. The third-order valence-corrected chi connectivity index (χ3v) is 3.30. The summed E-state index contributed by atoms with van der Waals surface area (Å²) in [6, 6.07) is 7.58. The number of anilines is 1. The van der Waals surface area contributed by atoms with Crippen molar-refractivity contribution in [2.45, 2.75) is 45.3 Å². The Morgan fingerprint density at radius 1 is 1.22 bits per heavy atom. The summed E-state index contributed by atoms with van der Waals surface area (Å²) >= 11 is 5.29. The lowest BCUT2D eigenvalue weighted by molar-refractivity contribution is 0.169. The molecule has 0 radical (unpaired) electrons. The average molecular weight is 364 g/mol. The zero-order valence-corrected chi connectivity index (χ0v) is 15.0. The molecular weight excluding hydrogens is 339 g/mol. The van der Waals surface area contributed by atoms with Crippen LogP contribution in [0.15, 0.2) is 24.3 Å². The van der Waals surface area contributed by atoms with E-state index in [0.29, 0.717) is 5.05 Å². The van der Waals surface area contributed by atoms with E-state index in [1.165, 1.54) is 0 Å². The highest BCUT2D eigenvalue weighted by Crippen LogP contribution is 2.25. The van der Waals surface area contributed by atoms with Gasteiger partial charge in [0.2, 0.25) is 0 Å². The van der Waals surface area contributed by atoms with E-state index in [1.807, 2.05) is 24.3 Å². The third-order valence-electron chi connectivity index (χ3n) is 2.97. The summed E-state index contributed by atoms with van der Waals surface area (Å²) in [6.45, 7) is 4.16. The Morgan fingerprint density at radius 3 is 2.09 bits per heavy atom. The molecule has 7 N–H and O–H groups in total. The zero-order valence-electron chi connectivity index (χ0n) is 13.3. The van der Waals surface area contributed by atoms with Crippen molar-refractivity contribution in [3.05, 3.63) is 29.8 Å². The molecule has 0 bridgehead atoms. The monoisotopic (exact) mass is 364 g/mol. The standard InChI is InChI=1S/C14H22N2OS.H3O4P/c1-3-11(15)9-13(4-2)17-14(18)10-5-7-12(16)8-6-10;1-5(2,3)4/h5-8,11,13H,3-4,9,15-16H2,1-2H3;(H3,1,2,3,4)/t11-,13?;/m0./s1. The van der Waals surface area contributed by atoms with E-state index < -0.39 is 7.82 Å². The Bertz CT molecular complexity index is 512. The minimum Gasteiger partial charge on any atom is -0.480 e. The molecule has 1 aromatic rings. The molecule has 7 nitrogen and oxygen atoms in total. The van der Waals surface area contributed by atoms with Crippen LogP contribution in [0, 0.1) is 0 Å². The minimum absolute atomic E-state index is 0.0880. The summed E-state index contributed by atoms with van der Waals surface area (Å²) < 4.78 is 14.7. The largest absolute Gasteiger partial charge is 0.480 e. The SMILES string of the molecule is CCC(C[C@@H](N)CC)OC(=S)c1ccc(N)cc1.O=P(O)(O)O. The molecule has 0 amide bonds. The predicted molar refractivity (Wildman–Crippen MR) is 94.9 cm³/mol. The van der Waals surface area contributed by atoms with Crippen molar-refractivity contribution < 1.29 is 24.0 Å². The van der Waals surface area contributed by atoms with Crippen molar-refractivity contribution in [2.75, 3.05) is 5.73 Å². The van der Waals surface area contributed by atoms with Gasteiger partial charge in [0.25, 0.3) is 0 Å². The van der Waals surface area contributed by atoms with E-state index in [1.54, 1.807) is 0 Å². The second-order valence-corrected chi connectivity index (χ2v) is 6.37. The highest BCUT2D eigenvalue weighted by atomic mass is 32.1. The van der Waals surface area contributed by atoms with Crippen LogP contribution in [0.5, 0.6) is 0 Å². The number of rotatable bonds is 6. The Balaban J connectivity index is 0.000000841. The molecule has 0 aliphatic heterocycles. The fourth-order valence-corrected chi connectivity index (χ4v) is 1.91. The summed E-state index contributed by atoms with van der Waals surface area (Å²) in [5.41, 5.74) is 13.2. The number of nitrogens with two attached hydrogens (primary N) is 2. The molecule has 1 unspecified atom stereocenters. The van der Waals surface area contributed by atoms with Gasteiger partial charge in [-0.2, -0.15) is 0 Å². The molecule has 0 aliphatic rings. The van der Waals surface area contributed by atoms with Crippen molar-refractivity contribution in [2.24, 2.45) is 5.73 Å². The van der Waals surface area contributed by atoms with Crippen LogP contribution in [0.25, 0.3) is 0 Å². The first-order chi connectivity index (χ1) is 10.6. The molecule has 0 aromatic heterocycles. The zero-order chi connectivity index (χ0) is 18.0. The second kappa shape index (κ2) is 10.7. The van der Waals surface area contributed by atoms with Gasteiger partial charge in [0.05, 0.1) is 0 Å². The first-order valence-electron chi connectivity index (χ1n) is 7.17. The lowest BCUT2D eigenvalue weighted by atomic mass is 10.1. The molecule has 1 rings (SSSR count). The number of thiocarbonyl (C=S) groups is 1. The number of benzene rings is 1. The van der Waals surface area contributed by atoms with Gasteiger partial charge >= 0.3 is 7.82 Å². The normalized spacial score (nSPS) is 13.5. The number of ether oxygens (including phenoxy) is 1. The summed E-state index contributed by atoms with van der Waals surface area (Å²) in [5.74, 6) is 0. The Hall–Kier alpha value is -1.02. The molecule has 0 saturated carbocycles. The maximum absolute atomic E-state index is 8.88. The Morgan fingerprint density at radius 2 is 1.70 bits per heavy atom. The first-order valence-corrected chi connectivity index (χ1v) is 9.14. The lowest BCUT2D eigenvalue weighted by Crippen LogP contribution is -2.28. The summed E-state index contributed by atoms with van der Waals surface area (Å²) in [5, 5.41) is 0.519. The molecule has 1 aromatic carbocycles. The summed E-state index contributed by atoms with van der Waals surface area (Å²) in [7, 11) is -4.64. The molecule has 0 saturated heterocycles. The van der Waals surface area contributed by atoms with Crippen molar-refractivity contribution in [1.82, 2.24) is 0 Å². The van der Waals surface area contributed by atoms with Gasteiger partial charge in [-0.25, -0.2) is 4.57 Å². The fourth-order valence-electron chi connectivity index (χ4n) is 1.64. The fraction of sp³-hybridized carbons (Fsp3) is 0.500.